The lowest BCUT2D eigenvalue weighted by molar-refractivity contribution is -0.118. The monoisotopic (exact) mass is 481 g/mol. The van der Waals surface area contributed by atoms with Gasteiger partial charge in [0, 0.05) is 21.1 Å². The molecule has 0 saturated carbocycles. The Hall–Kier alpha value is -2.77. The number of fused-ring (bicyclic) bond motifs is 1. The van der Waals surface area contributed by atoms with E-state index in [9.17, 15) is 9.59 Å². The van der Waals surface area contributed by atoms with Crippen molar-refractivity contribution in [1.29, 1.82) is 0 Å². The lowest BCUT2D eigenvalue weighted by atomic mass is 10.1. The molecule has 1 amide bonds. The number of nitrogens with zero attached hydrogens (tertiary/aromatic N) is 2. The topological polar surface area (TPSA) is 64.0 Å². The van der Waals surface area contributed by atoms with Gasteiger partial charge in [-0.05, 0) is 50.1 Å². The number of amides is 1. The van der Waals surface area contributed by atoms with Crippen LogP contribution in [0.5, 0.6) is 0 Å². The molecule has 5 nitrogen and oxygen atoms in total. The maximum Gasteiger partial charge on any atom is 0.263 e. The molecule has 152 valence electrons. The van der Waals surface area contributed by atoms with Crippen molar-refractivity contribution in [3.8, 4) is 11.1 Å². The van der Waals surface area contributed by atoms with E-state index in [1.54, 1.807) is 6.92 Å². The van der Waals surface area contributed by atoms with Crippen LogP contribution in [0, 0.1) is 13.8 Å². The quantitative estimate of drug-likeness (QED) is 0.406. The number of rotatable bonds is 4. The number of hydrogen-bond acceptors (Lipinski definition) is 4. The smallest absolute Gasteiger partial charge is 0.263 e. The van der Waals surface area contributed by atoms with E-state index in [0.29, 0.717) is 10.2 Å². The Labute approximate surface area is 186 Å². The number of aryl methyl sites for hydroxylation is 2. The van der Waals surface area contributed by atoms with Gasteiger partial charge in [0.2, 0.25) is 5.91 Å². The van der Waals surface area contributed by atoms with Crippen LogP contribution in [-0.2, 0) is 4.79 Å². The third-order valence-electron chi connectivity index (χ3n) is 5.11. The minimum Gasteiger partial charge on any atom is -0.324 e. The number of benzene rings is 2. The van der Waals surface area contributed by atoms with Crippen molar-refractivity contribution < 1.29 is 4.79 Å². The highest BCUT2D eigenvalue weighted by atomic mass is 79.9. The minimum absolute atomic E-state index is 0.220. The fourth-order valence-corrected chi connectivity index (χ4v) is 4.55. The molecule has 7 heteroatoms. The molecule has 2 aromatic carbocycles. The average molecular weight is 482 g/mol. The van der Waals surface area contributed by atoms with E-state index in [1.165, 1.54) is 22.2 Å². The van der Waals surface area contributed by atoms with Gasteiger partial charge in [-0.15, -0.1) is 11.3 Å². The molecule has 0 radical (unpaired) electrons. The lowest BCUT2D eigenvalue weighted by Crippen LogP contribution is -2.31. The molecule has 1 unspecified atom stereocenters. The molecule has 0 aliphatic carbocycles. The second kappa shape index (κ2) is 8.16. The molecule has 0 aliphatic heterocycles. The highest BCUT2D eigenvalue weighted by Gasteiger charge is 2.21. The van der Waals surface area contributed by atoms with Gasteiger partial charge in [0.05, 0.1) is 11.7 Å². The fourth-order valence-electron chi connectivity index (χ4n) is 3.38. The van der Waals surface area contributed by atoms with Crippen LogP contribution in [0.15, 0.2) is 63.4 Å². The van der Waals surface area contributed by atoms with E-state index in [-0.39, 0.29) is 11.5 Å². The van der Waals surface area contributed by atoms with Gasteiger partial charge >= 0.3 is 0 Å². The van der Waals surface area contributed by atoms with Gasteiger partial charge in [0.15, 0.2) is 0 Å². The minimum atomic E-state index is -0.701. The number of halogens is 1. The Morgan fingerprint density at radius 1 is 1.17 bits per heavy atom. The SMILES string of the molecule is Cc1ccc(NC(=O)C(C)n2cnc3scc(-c4ccc(Br)cc4)c3c2=O)c(C)c1. The Kier molecular flexibility index (Phi) is 5.58. The molecule has 2 heterocycles. The van der Waals surface area contributed by atoms with Gasteiger partial charge in [-0.1, -0.05) is 45.8 Å². The van der Waals surface area contributed by atoms with Crippen LogP contribution in [0.1, 0.15) is 24.1 Å². The normalized spacial score (nSPS) is 12.1. The molecule has 1 atom stereocenters. The first-order valence-corrected chi connectivity index (χ1v) is 11.1. The van der Waals surface area contributed by atoms with E-state index in [4.69, 9.17) is 0 Å². The van der Waals surface area contributed by atoms with E-state index in [2.05, 4.69) is 26.2 Å². The zero-order chi connectivity index (χ0) is 21.4. The molecule has 2 aromatic heterocycles. The predicted octanol–water partition coefficient (Wildman–Crippen LogP) is 5.70. The maximum absolute atomic E-state index is 13.3. The molecule has 0 saturated heterocycles. The van der Waals surface area contributed by atoms with Gasteiger partial charge < -0.3 is 5.32 Å². The van der Waals surface area contributed by atoms with Crippen LogP contribution >= 0.6 is 27.3 Å². The van der Waals surface area contributed by atoms with Crippen molar-refractivity contribution in [2.45, 2.75) is 26.8 Å². The number of thiophene rings is 1. The van der Waals surface area contributed by atoms with Crippen molar-refractivity contribution in [3.63, 3.8) is 0 Å². The summed E-state index contributed by atoms with van der Waals surface area (Å²) < 4.78 is 2.37. The highest BCUT2D eigenvalue weighted by molar-refractivity contribution is 9.10. The first-order chi connectivity index (χ1) is 14.3. The van der Waals surface area contributed by atoms with Crippen molar-refractivity contribution >= 4 is 49.1 Å². The van der Waals surface area contributed by atoms with Gasteiger partial charge in [0.1, 0.15) is 10.9 Å². The summed E-state index contributed by atoms with van der Waals surface area (Å²) in [5, 5.41) is 5.40. The van der Waals surface area contributed by atoms with Crippen molar-refractivity contribution in [3.05, 3.63) is 80.1 Å². The summed E-state index contributed by atoms with van der Waals surface area (Å²) in [4.78, 5) is 31.3. The fraction of sp³-hybridized carbons (Fsp3) is 0.174. The predicted molar refractivity (Wildman–Crippen MR) is 126 cm³/mol. The Morgan fingerprint density at radius 2 is 1.90 bits per heavy atom. The van der Waals surface area contributed by atoms with E-state index < -0.39 is 6.04 Å². The van der Waals surface area contributed by atoms with E-state index >= 15 is 0 Å². The van der Waals surface area contributed by atoms with Crippen LogP contribution in [0.3, 0.4) is 0 Å². The van der Waals surface area contributed by atoms with Gasteiger partial charge in [-0.3, -0.25) is 14.2 Å². The summed E-state index contributed by atoms with van der Waals surface area (Å²) in [6.45, 7) is 5.66. The van der Waals surface area contributed by atoms with Crippen LogP contribution < -0.4 is 10.9 Å². The van der Waals surface area contributed by atoms with E-state index in [1.807, 2.05) is 61.7 Å². The van der Waals surface area contributed by atoms with Crippen molar-refractivity contribution in [2.24, 2.45) is 0 Å². The lowest BCUT2D eigenvalue weighted by Gasteiger charge is -2.16. The number of hydrogen-bond donors (Lipinski definition) is 1. The number of carbonyl (C=O) groups is 1. The number of aromatic nitrogens is 2. The summed E-state index contributed by atoms with van der Waals surface area (Å²) in [7, 11) is 0. The number of anilines is 1. The molecule has 0 bridgehead atoms. The zero-order valence-electron chi connectivity index (χ0n) is 16.8. The third kappa shape index (κ3) is 3.82. The molecule has 0 fully saturated rings. The number of carbonyl (C=O) groups excluding carboxylic acids is 1. The van der Waals surface area contributed by atoms with Gasteiger partial charge in [0.25, 0.3) is 5.56 Å². The molecule has 30 heavy (non-hydrogen) atoms. The average Bonchev–Trinajstić information content (AvgIpc) is 3.15. The molecule has 4 aromatic rings. The first kappa shape index (κ1) is 20.5. The summed E-state index contributed by atoms with van der Waals surface area (Å²) in [6, 6.07) is 12.9. The highest BCUT2D eigenvalue weighted by Crippen LogP contribution is 2.31. The van der Waals surface area contributed by atoms with Crippen molar-refractivity contribution in [2.75, 3.05) is 5.32 Å². The zero-order valence-corrected chi connectivity index (χ0v) is 19.2. The standard InChI is InChI=1S/C23H20BrN3O2S/c1-13-4-9-19(14(2)10-13)26-21(28)15(3)27-12-25-22-20(23(27)29)18(11-30-22)16-5-7-17(24)8-6-16/h4-12,15H,1-3H3,(H,26,28). The van der Waals surface area contributed by atoms with Crippen LogP contribution in [0.25, 0.3) is 21.3 Å². The molecule has 4 rings (SSSR count). The third-order valence-corrected chi connectivity index (χ3v) is 6.53. The molecule has 0 aliphatic rings. The number of nitrogens with one attached hydrogen (secondary N) is 1. The largest absolute Gasteiger partial charge is 0.324 e. The maximum atomic E-state index is 13.3. The van der Waals surface area contributed by atoms with Crippen molar-refractivity contribution in [1.82, 2.24) is 9.55 Å². The summed E-state index contributed by atoms with van der Waals surface area (Å²) >= 11 is 4.86. The summed E-state index contributed by atoms with van der Waals surface area (Å²) in [5.74, 6) is -0.259. The first-order valence-electron chi connectivity index (χ1n) is 9.47. The van der Waals surface area contributed by atoms with Gasteiger partial charge in [-0.25, -0.2) is 4.98 Å². The second-order valence-corrected chi connectivity index (χ2v) is 9.05. The van der Waals surface area contributed by atoms with E-state index in [0.717, 1.165) is 32.4 Å². The molecule has 0 spiro atoms. The molecule has 1 N–H and O–H groups in total. The van der Waals surface area contributed by atoms with Crippen LogP contribution in [0.2, 0.25) is 0 Å². The molecular weight excluding hydrogens is 462 g/mol. The molecular formula is C23H20BrN3O2S. The van der Waals surface area contributed by atoms with Crippen LogP contribution in [-0.4, -0.2) is 15.5 Å². The summed E-state index contributed by atoms with van der Waals surface area (Å²) in [6.07, 6.45) is 1.46. The Morgan fingerprint density at radius 3 is 2.60 bits per heavy atom. The van der Waals surface area contributed by atoms with Crippen LogP contribution in [0.4, 0.5) is 5.69 Å². The Bertz CT molecular complexity index is 1310. The second-order valence-electron chi connectivity index (χ2n) is 7.28. The summed E-state index contributed by atoms with van der Waals surface area (Å²) in [5.41, 5.74) is 4.40. The van der Waals surface area contributed by atoms with Gasteiger partial charge in [-0.2, -0.15) is 0 Å². The Balaban J connectivity index is 1.71.